The first-order chi connectivity index (χ1) is 11.6. The number of hydrogen-bond donors (Lipinski definition) is 0. The van der Waals surface area contributed by atoms with E-state index in [1.807, 2.05) is 20.8 Å². The predicted molar refractivity (Wildman–Crippen MR) is 89.4 cm³/mol. The van der Waals surface area contributed by atoms with Crippen LogP contribution < -0.4 is 0 Å². The topological polar surface area (TPSA) is 32.8 Å². The summed E-state index contributed by atoms with van der Waals surface area (Å²) >= 11 is 0. The first-order valence-electron chi connectivity index (χ1n) is 8.41. The molecule has 0 unspecified atom stereocenters. The first-order valence-corrected chi connectivity index (χ1v) is 8.41. The van der Waals surface area contributed by atoms with Crippen molar-refractivity contribution in [2.75, 3.05) is 32.7 Å². The summed E-state index contributed by atoms with van der Waals surface area (Å²) in [6.45, 7) is 8.31. The molecule has 0 N–H and O–H groups in total. The Morgan fingerprint density at radius 1 is 1.08 bits per heavy atom. The maximum absolute atomic E-state index is 13.0. The van der Waals surface area contributed by atoms with Crippen LogP contribution in [-0.4, -0.2) is 54.2 Å². The van der Waals surface area contributed by atoms with E-state index in [1.165, 1.54) is 12.1 Å². The van der Waals surface area contributed by atoms with E-state index in [9.17, 15) is 18.0 Å². The summed E-state index contributed by atoms with van der Waals surface area (Å²) in [7, 11) is 0. The van der Waals surface area contributed by atoms with E-state index in [-0.39, 0.29) is 6.09 Å². The van der Waals surface area contributed by atoms with Crippen molar-refractivity contribution in [3.8, 4) is 0 Å². The van der Waals surface area contributed by atoms with Gasteiger partial charge in [0.05, 0.1) is 5.56 Å². The summed E-state index contributed by atoms with van der Waals surface area (Å²) in [6, 6.07) is 5.69. The largest absolute Gasteiger partial charge is 0.444 e. The highest BCUT2D eigenvalue weighted by Gasteiger charge is 2.33. The fourth-order valence-corrected chi connectivity index (χ4v) is 2.77. The van der Waals surface area contributed by atoms with Gasteiger partial charge in [0.25, 0.3) is 0 Å². The quantitative estimate of drug-likeness (QED) is 0.824. The molecular weight excluding hydrogens is 333 g/mol. The van der Waals surface area contributed by atoms with Crippen molar-refractivity contribution < 1.29 is 22.7 Å². The van der Waals surface area contributed by atoms with Crippen molar-refractivity contribution in [3.05, 3.63) is 35.4 Å². The van der Waals surface area contributed by atoms with Crippen LogP contribution in [0.25, 0.3) is 0 Å². The van der Waals surface area contributed by atoms with Crippen molar-refractivity contribution in [3.63, 3.8) is 0 Å². The van der Waals surface area contributed by atoms with Crippen LogP contribution in [0.1, 0.15) is 31.9 Å². The predicted octanol–water partition coefficient (Wildman–Crippen LogP) is 3.80. The zero-order chi connectivity index (χ0) is 18.7. The Morgan fingerprint density at radius 3 is 2.24 bits per heavy atom. The van der Waals surface area contributed by atoms with Crippen LogP contribution in [0.4, 0.5) is 18.0 Å². The van der Waals surface area contributed by atoms with Crippen LogP contribution in [0, 0.1) is 0 Å². The van der Waals surface area contributed by atoms with Gasteiger partial charge in [0.15, 0.2) is 0 Å². The van der Waals surface area contributed by atoms with Gasteiger partial charge in [-0.2, -0.15) is 13.2 Å². The Kier molecular flexibility index (Phi) is 5.98. The van der Waals surface area contributed by atoms with Crippen LogP contribution in [0.3, 0.4) is 0 Å². The molecule has 0 bridgehead atoms. The molecule has 4 nitrogen and oxygen atoms in total. The van der Waals surface area contributed by atoms with Crippen molar-refractivity contribution in [1.29, 1.82) is 0 Å². The number of halogens is 3. The molecule has 0 radical (unpaired) electrons. The third-order valence-electron chi connectivity index (χ3n) is 4.04. The molecule has 2 rings (SSSR count). The maximum Gasteiger partial charge on any atom is 0.416 e. The fourth-order valence-electron chi connectivity index (χ4n) is 2.77. The van der Waals surface area contributed by atoms with E-state index in [0.29, 0.717) is 44.7 Å². The number of carbonyl (C=O) groups is 1. The second-order valence-corrected chi connectivity index (χ2v) is 7.21. The van der Waals surface area contributed by atoms with Crippen molar-refractivity contribution in [2.45, 2.75) is 39.0 Å². The number of ether oxygens (including phenoxy) is 1. The second kappa shape index (κ2) is 7.64. The average Bonchev–Trinajstić information content (AvgIpc) is 2.51. The Morgan fingerprint density at radius 2 is 1.68 bits per heavy atom. The van der Waals surface area contributed by atoms with Gasteiger partial charge in [-0.25, -0.2) is 4.79 Å². The zero-order valence-corrected chi connectivity index (χ0v) is 14.9. The van der Waals surface area contributed by atoms with Gasteiger partial charge in [0.1, 0.15) is 5.60 Å². The van der Waals surface area contributed by atoms with E-state index in [0.717, 1.165) is 6.07 Å². The number of amides is 1. The van der Waals surface area contributed by atoms with Gasteiger partial charge < -0.3 is 9.64 Å². The summed E-state index contributed by atoms with van der Waals surface area (Å²) in [5.74, 6) is 0. The minimum absolute atomic E-state index is 0.310. The molecule has 7 heteroatoms. The van der Waals surface area contributed by atoms with Crippen molar-refractivity contribution in [1.82, 2.24) is 9.80 Å². The third kappa shape index (κ3) is 5.92. The lowest BCUT2D eigenvalue weighted by Gasteiger charge is -2.35. The fraction of sp³-hybridized carbons (Fsp3) is 0.611. The van der Waals surface area contributed by atoms with Crippen LogP contribution >= 0.6 is 0 Å². The molecule has 0 spiro atoms. The number of carbonyl (C=O) groups excluding carboxylic acids is 1. The standard InChI is InChI=1S/C18H25F3N2O2/c1-17(2,3)25-16(24)23-12-10-22(11-13-23)9-8-14-6-4-5-7-15(14)18(19,20)21/h4-7H,8-13H2,1-3H3. The third-order valence-corrected chi connectivity index (χ3v) is 4.04. The van der Waals surface area contributed by atoms with Crippen LogP contribution in [-0.2, 0) is 17.3 Å². The summed E-state index contributed by atoms with van der Waals surface area (Å²) in [4.78, 5) is 15.7. The highest BCUT2D eigenvalue weighted by molar-refractivity contribution is 5.68. The van der Waals surface area contributed by atoms with E-state index in [1.54, 1.807) is 11.0 Å². The summed E-state index contributed by atoms with van der Waals surface area (Å²) in [5.41, 5.74) is -0.790. The SMILES string of the molecule is CC(C)(C)OC(=O)N1CCN(CCc2ccccc2C(F)(F)F)CC1. The van der Waals surface area contributed by atoms with Crippen molar-refractivity contribution >= 4 is 6.09 Å². The molecule has 1 heterocycles. The number of nitrogens with zero attached hydrogens (tertiary/aromatic N) is 2. The normalized spacial score (nSPS) is 16.8. The second-order valence-electron chi connectivity index (χ2n) is 7.21. The molecule has 140 valence electrons. The Balaban J connectivity index is 1.85. The molecule has 0 saturated carbocycles. The highest BCUT2D eigenvalue weighted by atomic mass is 19.4. The van der Waals surface area contributed by atoms with E-state index >= 15 is 0 Å². The Labute approximate surface area is 146 Å². The lowest BCUT2D eigenvalue weighted by Crippen LogP contribution is -2.50. The van der Waals surface area contributed by atoms with Gasteiger partial charge in [-0.1, -0.05) is 18.2 Å². The van der Waals surface area contributed by atoms with Crippen LogP contribution in [0.15, 0.2) is 24.3 Å². The molecule has 0 aliphatic carbocycles. The number of rotatable bonds is 3. The molecule has 1 amide bonds. The zero-order valence-electron chi connectivity index (χ0n) is 14.9. The number of hydrogen-bond acceptors (Lipinski definition) is 3. The molecule has 1 aromatic carbocycles. The molecule has 1 aliphatic rings. The first kappa shape index (κ1) is 19.6. The van der Waals surface area contributed by atoms with Gasteiger partial charge in [0.2, 0.25) is 0 Å². The smallest absolute Gasteiger partial charge is 0.416 e. The summed E-state index contributed by atoms with van der Waals surface area (Å²) in [6.07, 6.45) is -4.33. The minimum atomic E-state index is -4.33. The highest BCUT2D eigenvalue weighted by Crippen LogP contribution is 2.32. The monoisotopic (exact) mass is 358 g/mol. The molecule has 0 aromatic heterocycles. The molecule has 25 heavy (non-hydrogen) atoms. The number of benzene rings is 1. The lowest BCUT2D eigenvalue weighted by molar-refractivity contribution is -0.138. The van der Waals surface area contributed by atoms with Crippen molar-refractivity contribution in [2.24, 2.45) is 0 Å². The molecule has 1 aliphatic heterocycles. The Hall–Kier alpha value is -1.76. The van der Waals surface area contributed by atoms with Gasteiger partial charge in [-0.3, -0.25) is 4.90 Å². The van der Waals surface area contributed by atoms with Crippen LogP contribution in [0.5, 0.6) is 0 Å². The van der Waals surface area contributed by atoms with Gasteiger partial charge >= 0.3 is 12.3 Å². The molecule has 0 atom stereocenters. The molecule has 1 aromatic rings. The molecule has 1 saturated heterocycles. The van der Waals surface area contributed by atoms with Gasteiger partial charge in [-0.05, 0) is 38.8 Å². The summed E-state index contributed by atoms with van der Waals surface area (Å²) in [5, 5.41) is 0. The number of piperazine rings is 1. The van der Waals surface area contributed by atoms with Gasteiger partial charge in [0, 0.05) is 32.7 Å². The van der Waals surface area contributed by atoms with E-state index in [2.05, 4.69) is 4.90 Å². The van der Waals surface area contributed by atoms with Crippen LogP contribution in [0.2, 0.25) is 0 Å². The maximum atomic E-state index is 13.0. The summed E-state index contributed by atoms with van der Waals surface area (Å²) < 4.78 is 44.4. The van der Waals surface area contributed by atoms with E-state index in [4.69, 9.17) is 4.74 Å². The lowest BCUT2D eigenvalue weighted by atomic mass is 10.0. The average molecular weight is 358 g/mol. The molecular formula is C18H25F3N2O2. The minimum Gasteiger partial charge on any atom is -0.444 e. The van der Waals surface area contributed by atoms with E-state index < -0.39 is 17.3 Å². The number of alkyl halides is 3. The Bertz CT molecular complexity index is 589. The molecule has 1 fully saturated rings. The van der Waals surface area contributed by atoms with Gasteiger partial charge in [-0.15, -0.1) is 0 Å².